The van der Waals surface area contributed by atoms with E-state index in [0.717, 1.165) is 44.0 Å². The predicted octanol–water partition coefficient (Wildman–Crippen LogP) is 3.12. The number of benzene rings is 1. The van der Waals surface area contributed by atoms with E-state index in [4.69, 9.17) is 23.2 Å². The number of nitrogens with one attached hydrogen (secondary N) is 1. The maximum absolute atomic E-state index is 6.33. The zero-order valence-electron chi connectivity index (χ0n) is 16.1. The van der Waals surface area contributed by atoms with Crippen LogP contribution < -0.4 is 10.2 Å². The summed E-state index contributed by atoms with van der Waals surface area (Å²) in [6, 6.07) is 9.38. The Bertz CT molecular complexity index is 976. The van der Waals surface area contributed by atoms with Gasteiger partial charge < -0.3 is 15.1 Å². The van der Waals surface area contributed by atoms with Crippen LogP contribution in [-0.4, -0.2) is 63.3 Å². The number of aromatic nitrogens is 5. The fraction of sp³-hybridized carbons (Fsp3) is 0.368. The van der Waals surface area contributed by atoms with Crippen LogP contribution in [-0.2, 0) is 6.54 Å². The molecule has 0 saturated carbocycles. The van der Waals surface area contributed by atoms with E-state index in [0.29, 0.717) is 28.2 Å². The van der Waals surface area contributed by atoms with Crippen LogP contribution in [0.15, 0.2) is 36.5 Å². The van der Waals surface area contributed by atoms with E-state index in [9.17, 15) is 0 Å². The molecule has 0 bridgehead atoms. The van der Waals surface area contributed by atoms with Gasteiger partial charge in [-0.2, -0.15) is 4.68 Å². The average Bonchev–Trinajstić information content (AvgIpc) is 3.09. The molecular formula is C19H22Cl2N8. The Balaban J connectivity index is 1.54. The molecule has 3 aromatic rings. The Morgan fingerprint density at radius 1 is 1.07 bits per heavy atom. The summed E-state index contributed by atoms with van der Waals surface area (Å²) in [4.78, 5) is 9.34. The molecule has 0 amide bonds. The molecule has 0 radical (unpaired) electrons. The molecule has 0 spiro atoms. The first-order valence-corrected chi connectivity index (χ1v) is 10.2. The van der Waals surface area contributed by atoms with Gasteiger partial charge in [0.25, 0.3) is 0 Å². The number of likely N-dealkylation sites (N-methyl/N-ethyl adjacent to an activating group) is 1. The SMILES string of the molecule is CN1CCCN(c2ncccc2CNc2nnnn2-c2cccc(Cl)c2Cl)CC1. The maximum atomic E-state index is 6.33. The predicted molar refractivity (Wildman–Crippen MR) is 115 cm³/mol. The summed E-state index contributed by atoms with van der Waals surface area (Å²) in [6.45, 7) is 4.61. The highest BCUT2D eigenvalue weighted by molar-refractivity contribution is 6.43. The van der Waals surface area contributed by atoms with E-state index >= 15 is 0 Å². The molecule has 2 aromatic heterocycles. The van der Waals surface area contributed by atoms with Crippen LogP contribution >= 0.6 is 23.2 Å². The fourth-order valence-electron chi connectivity index (χ4n) is 3.40. The Morgan fingerprint density at radius 2 is 1.97 bits per heavy atom. The summed E-state index contributed by atoms with van der Waals surface area (Å²) in [5.41, 5.74) is 1.71. The van der Waals surface area contributed by atoms with Gasteiger partial charge in [0.05, 0.1) is 15.7 Å². The number of nitrogens with zero attached hydrogens (tertiary/aromatic N) is 7. The number of tetrazole rings is 1. The molecule has 152 valence electrons. The van der Waals surface area contributed by atoms with Crippen molar-refractivity contribution in [2.45, 2.75) is 13.0 Å². The van der Waals surface area contributed by atoms with E-state index < -0.39 is 0 Å². The molecule has 1 N–H and O–H groups in total. The van der Waals surface area contributed by atoms with Crippen molar-refractivity contribution in [3.8, 4) is 5.69 Å². The third kappa shape index (κ3) is 4.44. The van der Waals surface area contributed by atoms with Gasteiger partial charge >= 0.3 is 0 Å². The Kier molecular flexibility index (Phi) is 6.13. The molecule has 0 unspecified atom stereocenters. The van der Waals surface area contributed by atoms with Crippen LogP contribution in [0.1, 0.15) is 12.0 Å². The normalized spacial score (nSPS) is 15.3. The third-order valence-electron chi connectivity index (χ3n) is 4.95. The average molecular weight is 433 g/mol. The smallest absolute Gasteiger partial charge is 0.248 e. The van der Waals surface area contributed by atoms with Gasteiger partial charge in [-0.05, 0) is 48.6 Å². The second-order valence-corrected chi connectivity index (χ2v) is 7.76. The summed E-state index contributed by atoms with van der Waals surface area (Å²) in [5.74, 6) is 1.48. The number of hydrogen-bond donors (Lipinski definition) is 1. The lowest BCUT2D eigenvalue weighted by atomic mass is 10.2. The highest BCUT2D eigenvalue weighted by Crippen LogP contribution is 2.29. The molecule has 4 rings (SSSR count). The Morgan fingerprint density at radius 3 is 2.86 bits per heavy atom. The van der Waals surface area contributed by atoms with Crippen LogP contribution in [0, 0.1) is 0 Å². The summed E-state index contributed by atoms with van der Waals surface area (Å²) in [6.07, 6.45) is 2.95. The number of anilines is 2. The largest absolute Gasteiger partial charge is 0.355 e. The van der Waals surface area contributed by atoms with Gasteiger partial charge in [0.1, 0.15) is 5.82 Å². The first-order chi connectivity index (χ1) is 14.1. The standard InChI is InChI=1S/C19H22Cl2N8/c1-27-9-4-10-28(12-11-27)18-14(5-3-8-22-18)13-23-19-24-25-26-29(19)16-7-2-6-15(20)17(16)21/h2-3,5-8H,4,9-13H2,1H3,(H,23,24,26). The van der Waals surface area contributed by atoms with Crippen molar-refractivity contribution in [3.63, 3.8) is 0 Å². The zero-order chi connectivity index (χ0) is 20.2. The molecule has 1 saturated heterocycles. The van der Waals surface area contributed by atoms with Gasteiger partial charge in [-0.1, -0.05) is 40.4 Å². The van der Waals surface area contributed by atoms with Crippen molar-refractivity contribution in [1.82, 2.24) is 30.1 Å². The lowest BCUT2D eigenvalue weighted by Crippen LogP contribution is -2.30. The second-order valence-electron chi connectivity index (χ2n) is 6.97. The van der Waals surface area contributed by atoms with Gasteiger partial charge in [0.15, 0.2) is 0 Å². The number of hydrogen-bond acceptors (Lipinski definition) is 7. The van der Waals surface area contributed by atoms with E-state index in [-0.39, 0.29) is 0 Å². The molecule has 29 heavy (non-hydrogen) atoms. The quantitative estimate of drug-likeness (QED) is 0.663. The minimum atomic E-state index is 0.403. The van der Waals surface area contributed by atoms with Gasteiger partial charge in [-0.3, -0.25) is 0 Å². The topological polar surface area (TPSA) is 75.0 Å². The lowest BCUT2D eigenvalue weighted by molar-refractivity contribution is 0.360. The molecule has 1 aliphatic rings. The first kappa shape index (κ1) is 19.9. The van der Waals surface area contributed by atoms with Gasteiger partial charge in [-0.25, -0.2) is 4.98 Å². The van der Waals surface area contributed by atoms with E-state index in [1.807, 2.05) is 24.4 Å². The molecule has 1 aromatic carbocycles. The molecular weight excluding hydrogens is 411 g/mol. The highest BCUT2D eigenvalue weighted by atomic mass is 35.5. The minimum Gasteiger partial charge on any atom is -0.355 e. The monoisotopic (exact) mass is 432 g/mol. The lowest BCUT2D eigenvalue weighted by Gasteiger charge is -2.24. The molecule has 8 nitrogen and oxygen atoms in total. The van der Waals surface area contributed by atoms with Crippen molar-refractivity contribution < 1.29 is 0 Å². The van der Waals surface area contributed by atoms with Crippen molar-refractivity contribution in [2.24, 2.45) is 0 Å². The zero-order valence-corrected chi connectivity index (χ0v) is 17.6. The Hall–Kier alpha value is -2.42. The second kappa shape index (κ2) is 8.94. The number of pyridine rings is 1. The van der Waals surface area contributed by atoms with Crippen LogP contribution in [0.5, 0.6) is 0 Å². The van der Waals surface area contributed by atoms with E-state index in [1.54, 1.807) is 10.7 Å². The van der Waals surface area contributed by atoms with Crippen LogP contribution in [0.2, 0.25) is 10.0 Å². The van der Waals surface area contributed by atoms with Crippen molar-refractivity contribution >= 4 is 35.0 Å². The van der Waals surface area contributed by atoms with Crippen LogP contribution in [0.4, 0.5) is 11.8 Å². The van der Waals surface area contributed by atoms with Gasteiger partial charge in [0.2, 0.25) is 5.95 Å². The number of rotatable bonds is 5. The molecule has 0 atom stereocenters. The summed E-state index contributed by atoms with van der Waals surface area (Å²) >= 11 is 12.5. The Labute approximate surface area is 179 Å². The van der Waals surface area contributed by atoms with E-state index in [1.165, 1.54) is 0 Å². The fourth-order valence-corrected chi connectivity index (χ4v) is 3.78. The maximum Gasteiger partial charge on any atom is 0.248 e. The van der Waals surface area contributed by atoms with Gasteiger partial charge in [0, 0.05) is 37.9 Å². The summed E-state index contributed by atoms with van der Waals surface area (Å²) < 4.78 is 1.55. The third-order valence-corrected chi connectivity index (χ3v) is 5.76. The van der Waals surface area contributed by atoms with Gasteiger partial charge in [-0.15, -0.1) is 0 Å². The number of halogens is 2. The van der Waals surface area contributed by atoms with Crippen LogP contribution in [0.25, 0.3) is 5.69 Å². The molecule has 3 heterocycles. The summed E-state index contributed by atoms with van der Waals surface area (Å²) in [7, 11) is 2.16. The van der Waals surface area contributed by atoms with Crippen molar-refractivity contribution in [3.05, 3.63) is 52.1 Å². The highest BCUT2D eigenvalue weighted by Gasteiger charge is 2.18. The summed E-state index contributed by atoms with van der Waals surface area (Å²) in [5, 5.41) is 16.1. The molecule has 1 aliphatic heterocycles. The van der Waals surface area contributed by atoms with E-state index in [2.05, 4.69) is 48.7 Å². The molecule has 0 aliphatic carbocycles. The minimum absolute atomic E-state index is 0.403. The van der Waals surface area contributed by atoms with Crippen molar-refractivity contribution in [1.29, 1.82) is 0 Å². The van der Waals surface area contributed by atoms with Crippen molar-refractivity contribution in [2.75, 3.05) is 43.4 Å². The first-order valence-electron chi connectivity index (χ1n) is 9.47. The molecule has 1 fully saturated rings. The van der Waals surface area contributed by atoms with Crippen LogP contribution in [0.3, 0.4) is 0 Å². The molecule has 10 heteroatoms.